The molecule has 2 amide bonds. The van der Waals surface area contributed by atoms with Gasteiger partial charge in [-0.2, -0.15) is 0 Å². The van der Waals surface area contributed by atoms with Crippen LogP contribution in [0.3, 0.4) is 0 Å². The maximum absolute atomic E-state index is 12.8. The van der Waals surface area contributed by atoms with Gasteiger partial charge in [0.1, 0.15) is 11.9 Å². The number of hydrogen-bond acceptors (Lipinski definition) is 6. The first-order chi connectivity index (χ1) is 17.8. The number of phenolic OH excluding ortho intramolecular Hbond substituents is 1. The van der Waals surface area contributed by atoms with Crippen molar-refractivity contribution in [1.29, 1.82) is 0 Å². The molecule has 0 spiro atoms. The minimum Gasteiger partial charge on any atom is -0.508 e. The summed E-state index contributed by atoms with van der Waals surface area (Å²) in [5, 5.41) is 16.0. The smallest absolute Gasteiger partial charge is 0.412 e. The number of amides is 2. The van der Waals surface area contributed by atoms with Gasteiger partial charge in [0.05, 0.1) is 11.4 Å². The molecule has 0 aliphatic carbocycles. The fourth-order valence-corrected chi connectivity index (χ4v) is 4.45. The molecular formula is C28H30BrN3O4S. The van der Waals surface area contributed by atoms with Crippen molar-refractivity contribution < 1.29 is 19.4 Å². The SMILES string of the molecule is CSc1ccc(NC(=O)O[C@H](c2cc(Br)ccc2O)[C@H](C)CC/C=C/C(=O)Nc2ccccc2N)cc1. The summed E-state index contributed by atoms with van der Waals surface area (Å²) in [6.07, 6.45) is 5.02. The average molecular weight is 585 g/mol. The molecular weight excluding hydrogens is 554 g/mol. The molecule has 0 saturated carbocycles. The standard InChI is InChI=1S/C28H30BrN3O4S/c1-18(7-3-6-10-26(34)32-24-9-5-4-8-23(24)30)27(22-17-19(29)11-16-25(22)33)36-28(35)31-20-12-14-21(37-2)15-13-20/h4-6,8-18,27,33H,3,7,30H2,1-2H3,(H,31,35)(H,32,34)/b10-6+/t18-,27+/m1/s1. The third-order valence-electron chi connectivity index (χ3n) is 5.66. The van der Waals surface area contributed by atoms with E-state index in [9.17, 15) is 14.7 Å². The van der Waals surface area contributed by atoms with Crippen LogP contribution < -0.4 is 16.4 Å². The number of carbonyl (C=O) groups is 2. The van der Waals surface area contributed by atoms with E-state index in [1.807, 2.05) is 25.3 Å². The zero-order chi connectivity index (χ0) is 26.8. The molecule has 2 atom stereocenters. The van der Waals surface area contributed by atoms with Gasteiger partial charge in [-0.15, -0.1) is 11.8 Å². The van der Waals surface area contributed by atoms with Gasteiger partial charge >= 0.3 is 6.09 Å². The van der Waals surface area contributed by atoms with Crippen molar-refractivity contribution in [3.8, 4) is 5.75 Å². The number of para-hydroxylation sites is 2. The molecule has 0 saturated heterocycles. The predicted octanol–water partition coefficient (Wildman–Crippen LogP) is 7.36. The highest BCUT2D eigenvalue weighted by molar-refractivity contribution is 9.10. The molecule has 0 unspecified atom stereocenters. The van der Waals surface area contributed by atoms with E-state index in [0.29, 0.717) is 35.5 Å². The summed E-state index contributed by atoms with van der Waals surface area (Å²) in [5.41, 5.74) is 8.02. The second-order valence-corrected chi connectivity index (χ2v) is 10.2. The lowest BCUT2D eigenvalue weighted by Crippen LogP contribution is -2.22. The van der Waals surface area contributed by atoms with Crippen molar-refractivity contribution in [1.82, 2.24) is 0 Å². The Bertz CT molecular complexity index is 1250. The van der Waals surface area contributed by atoms with Crippen molar-refractivity contribution in [3.05, 3.63) is 88.9 Å². The lowest BCUT2D eigenvalue weighted by atomic mass is 9.92. The van der Waals surface area contributed by atoms with Crippen molar-refractivity contribution in [2.24, 2.45) is 5.92 Å². The Morgan fingerprint density at radius 1 is 1.11 bits per heavy atom. The Balaban J connectivity index is 1.65. The number of phenols is 1. The number of rotatable bonds is 10. The van der Waals surface area contributed by atoms with E-state index in [4.69, 9.17) is 10.5 Å². The van der Waals surface area contributed by atoms with E-state index in [1.165, 1.54) is 6.08 Å². The van der Waals surface area contributed by atoms with Crippen LogP contribution in [0, 0.1) is 5.92 Å². The third kappa shape index (κ3) is 8.58. The Morgan fingerprint density at radius 2 is 1.84 bits per heavy atom. The van der Waals surface area contributed by atoms with Crippen LogP contribution in [0.25, 0.3) is 0 Å². The molecule has 0 heterocycles. The summed E-state index contributed by atoms with van der Waals surface area (Å²) in [6, 6.07) is 19.5. The van der Waals surface area contributed by atoms with Crippen molar-refractivity contribution >= 4 is 56.8 Å². The average Bonchev–Trinajstić information content (AvgIpc) is 2.88. The normalized spacial score (nSPS) is 12.6. The Hall–Kier alpha value is -3.43. The van der Waals surface area contributed by atoms with Gasteiger partial charge in [-0.05, 0) is 85.7 Å². The number of halogens is 1. The van der Waals surface area contributed by atoms with Crippen LogP contribution >= 0.6 is 27.7 Å². The van der Waals surface area contributed by atoms with Crippen LogP contribution in [0.5, 0.6) is 5.75 Å². The second kappa shape index (κ2) is 13.8. The van der Waals surface area contributed by atoms with Gasteiger partial charge in [-0.3, -0.25) is 10.1 Å². The molecule has 7 nitrogen and oxygen atoms in total. The highest BCUT2D eigenvalue weighted by Gasteiger charge is 2.26. The fourth-order valence-electron chi connectivity index (χ4n) is 3.66. The number of hydrogen-bond donors (Lipinski definition) is 4. The van der Waals surface area contributed by atoms with E-state index >= 15 is 0 Å². The van der Waals surface area contributed by atoms with Gasteiger partial charge in [-0.1, -0.05) is 41.1 Å². The second-order valence-electron chi connectivity index (χ2n) is 8.42. The monoisotopic (exact) mass is 583 g/mol. The molecule has 0 bridgehead atoms. The largest absolute Gasteiger partial charge is 0.508 e. The molecule has 3 aromatic carbocycles. The highest BCUT2D eigenvalue weighted by Crippen LogP contribution is 2.36. The molecule has 37 heavy (non-hydrogen) atoms. The maximum Gasteiger partial charge on any atom is 0.412 e. The summed E-state index contributed by atoms with van der Waals surface area (Å²) >= 11 is 5.04. The number of nitrogen functional groups attached to an aromatic ring is 1. The molecule has 3 rings (SSSR count). The first-order valence-corrected chi connectivity index (χ1v) is 13.7. The van der Waals surface area contributed by atoms with Crippen LogP contribution in [0.4, 0.5) is 21.9 Å². The molecule has 0 radical (unpaired) electrons. The molecule has 0 aromatic heterocycles. The van der Waals surface area contributed by atoms with Gasteiger partial charge in [-0.25, -0.2) is 4.79 Å². The van der Waals surface area contributed by atoms with Gasteiger partial charge in [0.25, 0.3) is 0 Å². The molecule has 9 heteroatoms. The zero-order valence-electron chi connectivity index (χ0n) is 20.6. The Morgan fingerprint density at radius 3 is 2.54 bits per heavy atom. The first-order valence-electron chi connectivity index (χ1n) is 11.7. The van der Waals surface area contributed by atoms with Crippen molar-refractivity contribution in [2.75, 3.05) is 22.6 Å². The number of nitrogens with one attached hydrogen (secondary N) is 2. The number of anilines is 3. The van der Waals surface area contributed by atoms with E-state index in [-0.39, 0.29) is 17.6 Å². The third-order valence-corrected chi connectivity index (χ3v) is 6.90. The number of aromatic hydroxyl groups is 1. The quantitative estimate of drug-likeness (QED) is 0.113. The molecule has 0 aliphatic heterocycles. The van der Waals surface area contributed by atoms with Gasteiger partial charge < -0.3 is 20.9 Å². The zero-order valence-corrected chi connectivity index (χ0v) is 23.0. The minimum absolute atomic E-state index is 0.0348. The fraction of sp³-hybridized carbons (Fsp3) is 0.214. The van der Waals surface area contributed by atoms with Crippen LogP contribution in [0.2, 0.25) is 0 Å². The minimum atomic E-state index is -0.714. The Labute approximate surface area is 229 Å². The summed E-state index contributed by atoms with van der Waals surface area (Å²) in [6.45, 7) is 1.93. The lowest BCUT2D eigenvalue weighted by molar-refractivity contribution is -0.111. The highest BCUT2D eigenvalue weighted by atomic mass is 79.9. The summed E-state index contributed by atoms with van der Waals surface area (Å²) in [7, 11) is 0. The predicted molar refractivity (Wildman–Crippen MR) is 154 cm³/mol. The van der Waals surface area contributed by atoms with Gasteiger partial charge in [0, 0.05) is 20.6 Å². The molecule has 3 aromatic rings. The summed E-state index contributed by atoms with van der Waals surface area (Å²) < 4.78 is 6.57. The van der Waals surface area contributed by atoms with Crippen LogP contribution in [0.15, 0.2) is 88.3 Å². The molecule has 0 aliphatic rings. The first kappa shape index (κ1) is 28.1. The number of nitrogens with two attached hydrogens (primary N) is 1. The van der Waals surface area contributed by atoms with Crippen LogP contribution in [-0.4, -0.2) is 23.4 Å². The number of thioether (sulfide) groups is 1. The van der Waals surface area contributed by atoms with E-state index < -0.39 is 12.2 Å². The number of ether oxygens (including phenoxy) is 1. The Kier molecular flexibility index (Phi) is 10.5. The number of benzene rings is 3. The van der Waals surface area contributed by atoms with Crippen molar-refractivity contribution in [3.63, 3.8) is 0 Å². The molecule has 0 fully saturated rings. The van der Waals surface area contributed by atoms with Gasteiger partial charge in [0.15, 0.2) is 0 Å². The van der Waals surface area contributed by atoms with E-state index in [1.54, 1.807) is 72.4 Å². The number of allylic oxidation sites excluding steroid dienone is 1. The lowest BCUT2D eigenvalue weighted by Gasteiger charge is -2.25. The van der Waals surface area contributed by atoms with Crippen LogP contribution in [0.1, 0.15) is 31.4 Å². The number of carbonyl (C=O) groups excluding carboxylic acids is 2. The summed E-state index contributed by atoms with van der Waals surface area (Å²) in [4.78, 5) is 26.1. The maximum atomic E-state index is 12.8. The van der Waals surface area contributed by atoms with E-state index in [2.05, 4.69) is 26.6 Å². The molecule has 5 N–H and O–H groups in total. The molecule has 194 valence electrons. The van der Waals surface area contributed by atoms with Crippen molar-refractivity contribution in [2.45, 2.75) is 30.8 Å². The van der Waals surface area contributed by atoms with Gasteiger partial charge in [0.2, 0.25) is 5.91 Å². The van der Waals surface area contributed by atoms with E-state index in [0.717, 1.165) is 9.37 Å². The topological polar surface area (TPSA) is 114 Å². The van der Waals surface area contributed by atoms with Crippen LogP contribution in [-0.2, 0) is 9.53 Å². The summed E-state index contributed by atoms with van der Waals surface area (Å²) in [5.74, 6) is -0.412.